The van der Waals surface area contributed by atoms with Gasteiger partial charge in [0.05, 0.1) is 0 Å². The van der Waals surface area contributed by atoms with Crippen molar-refractivity contribution < 1.29 is 35.1 Å². The van der Waals surface area contributed by atoms with Crippen molar-refractivity contribution >= 4 is 47.9 Å². The predicted octanol–water partition coefficient (Wildman–Crippen LogP) is 2.52. The molecule has 0 aromatic heterocycles. The van der Waals surface area contributed by atoms with Gasteiger partial charge in [-0.15, -0.1) is 0 Å². The molecule has 0 aliphatic carbocycles. The number of hydrogen-bond acceptors (Lipinski definition) is 9. The van der Waals surface area contributed by atoms with Crippen LogP contribution in [0.2, 0.25) is 0 Å². The van der Waals surface area contributed by atoms with Crippen molar-refractivity contribution in [2.24, 2.45) is 10.6 Å². The Morgan fingerprint density at radius 1 is 0.765 bits per heavy atom. The van der Waals surface area contributed by atoms with E-state index in [1.54, 1.807) is 30.2 Å². The maximum atomic E-state index is 10.8. The van der Waals surface area contributed by atoms with Crippen LogP contribution in [-0.4, -0.2) is 46.5 Å². The molecule has 0 spiro atoms. The van der Waals surface area contributed by atoms with Gasteiger partial charge in [0, 0.05) is 0 Å². The average Bonchev–Trinajstić information content (AvgIpc) is 2.95. The van der Waals surface area contributed by atoms with E-state index >= 15 is 0 Å². The average molecular weight is 456 g/mol. The minimum atomic E-state index is -1.02. The fraction of sp³-hybridized carbons (Fsp3) is 0.0870. The molecule has 0 saturated carbocycles. The molecule has 0 unspecified atom stereocenters. The van der Waals surface area contributed by atoms with Gasteiger partial charge in [-0.3, -0.25) is 0 Å². The molecule has 4 aromatic rings. The van der Waals surface area contributed by atoms with Gasteiger partial charge in [0.15, 0.2) is 0 Å². The summed E-state index contributed by atoms with van der Waals surface area (Å²) in [6.07, 6.45) is 0. The minimum absolute atomic E-state index is 0.241. The van der Waals surface area contributed by atoms with Crippen molar-refractivity contribution in [3.63, 3.8) is 0 Å². The quantitative estimate of drug-likeness (QED) is 0.128. The van der Waals surface area contributed by atoms with Gasteiger partial charge in [-0.05, 0) is 0 Å². The van der Waals surface area contributed by atoms with Crippen LogP contribution in [0.25, 0.3) is 32.7 Å². The molecule has 11 heteroatoms. The van der Waals surface area contributed by atoms with Crippen LogP contribution in [0.1, 0.15) is 16.7 Å². The SMILES string of the molecule is Bc1c(C)c(C)c2c3c(c4ccccc4c(-c4c(O)c(O)c(O)c(O)c4O)c13)ON=NOB=C2. The van der Waals surface area contributed by atoms with Gasteiger partial charge in [-0.25, -0.2) is 0 Å². The van der Waals surface area contributed by atoms with Gasteiger partial charge in [-0.2, -0.15) is 0 Å². The van der Waals surface area contributed by atoms with Crippen LogP contribution in [-0.2, 0) is 4.76 Å². The van der Waals surface area contributed by atoms with Crippen LogP contribution in [0.5, 0.6) is 34.5 Å². The number of hydrogen-bond donors (Lipinski definition) is 5. The number of rotatable bonds is 1. The Morgan fingerprint density at radius 3 is 2.06 bits per heavy atom. The molecule has 5 rings (SSSR count). The Balaban J connectivity index is 2.16. The first-order valence-corrected chi connectivity index (χ1v) is 10.3. The van der Waals surface area contributed by atoms with Crippen molar-refractivity contribution in [3.05, 3.63) is 41.0 Å². The molecule has 0 radical (unpaired) electrons. The molecule has 1 aliphatic rings. The van der Waals surface area contributed by atoms with Crippen LogP contribution in [0.15, 0.2) is 34.8 Å². The molecule has 1 heterocycles. The standard InChI is InChI=1S/C23H18B2N2O7/c1-8-9(2)17(24)15-13(16-18(28)20(30)22(32)21(31)19(16)29)10-5-3-4-6-11(10)23-14(15)12(8)7-25-34-27-26-33-23/h3-7,28-32H,24H2,1-2H3. The monoisotopic (exact) mass is 456 g/mol. The fourth-order valence-electron chi connectivity index (χ4n) is 4.58. The van der Waals surface area contributed by atoms with Gasteiger partial charge in [-0.1, -0.05) is 0 Å². The molecular weight excluding hydrogens is 438 g/mol. The van der Waals surface area contributed by atoms with Gasteiger partial charge in [0.25, 0.3) is 0 Å². The Bertz CT molecular complexity index is 1570. The summed E-state index contributed by atoms with van der Waals surface area (Å²) in [7, 11) is 3.24. The summed E-state index contributed by atoms with van der Waals surface area (Å²) >= 11 is 0. The Labute approximate surface area is 194 Å². The van der Waals surface area contributed by atoms with Crippen LogP contribution in [0.4, 0.5) is 0 Å². The Kier molecular flexibility index (Phi) is 4.78. The zero-order chi connectivity index (χ0) is 24.3. The van der Waals surface area contributed by atoms with Gasteiger partial charge in [0.1, 0.15) is 0 Å². The van der Waals surface area contributed by atoms with Crippen molar-refractivity contribution in [2.45, 2.75) is 13.8 Å². The molecule has 34 heavy (non-hydrogen) atoms. The maximum absolute atomic E-state index is 10.8. The Morgan fingerprint density at radius 2 is 1.38 bits per heavy atom. The van der Waals surface area contributed by atoms with Gasteiger partial charge >= 0.3 is 194 Å². The zero-order valence-corrected chi connectivity index (χ0v) is 18.4. The summed E-state index contributed by atoms with van der Waals surface area (Å²) in [5.41, 5.74) is 3.48. The molecule has 0 saturated heterocycles. The molecule has 0 amide bonds. The van der Waals surface area contributed by atoms with E-state index in [0.29, 0.717) is 32.9 Å². The van der Waals surface area contributed by atoms with Crippen LogP contribution in [0, 0.1) is 13.8 Å². The first kappa shape index (κ1) is 21.4. The van der Waals surface area contributed by atoms with Crippen molar-refractivity contribution in [3.8, 4) is 45.6 Å². The molecule has 4 aromatic carbocycles. The van der Waals surface area contributed by atoms with E-state index in [0.717, 1.165) is 22.2 Å². The van der Waals surface area contributed by atoms with Crippen molar-refractivity contribution in [1.29, 1.82) is 0 Å². The van der Waals surface area contributed by atoms with Crippen LogP contribution < -0.4 is 10.3 Å². The molecule has 0 fully saturated rings. The van der Waals surface area contributed by atoms with E-state index in [1.165, 1.54) is 7.12 Å². The van der Waals surface area contributed by atoms with E-state index in [1.807, 2.05) is 21.7 Å². The molecule has 5 N–H and O–H groups in total. The second-order valence-corrected chi connectivity index (χ2v) is 8.07. The van der Waals surface area contributed by atoms with Crippen molar-refractivity contribution in [2.75, 3.05) is 0 Å². The van der Waals surface area contributed by atoms with E-state index in [-0.39, 0.29) is 5.56 Å². The summed E-state index contributed by atoms with van der Waals surface area (Å²) < 4.78 is 5.03. The number of fused-ring (bicyclic) bond motifs is 2. The molecule has 0 bridgehead atoms. The summed E-state index contributed by atoms with van der Waals surface area (Å²) in [5, 5.41) is 61.7. The molecular formula is C23H18B2N2O7. The summed E-state index contributed by atoms with van der Waals surface area (Å²) in [4.78, 5) is 5.69. The molecule has 9 nitrogen and oxygen atoms in total. The van der Waals surface area contributed by atoms with Gasteiger partial charge < -0.3 is 0 Å². The first-order valence-electron chi connectivity index (χ1n) is 10.3. The number of nitrogens with zero attached hydrogens (tertiary/aromatic N) is 2. The van der Waals surface area contributed by atoms with Crippen LogP contribution in [0.3, 0.4) is 0 Å². The molecule has 1 aliphatic heterocycles. The van der Waals surface area contributed by atoms with Crippen molar-refractivity contribution in [1.82, 2.24) is 0 Å². The van der Waals surface area contributed by atoms with E-state index in [4.69, 9.17) is 9.59 Å². The summed E-state index contributed by atoms with van der Waals surface area (Å²) in [6, 6.07) is 7.06. The van der Waals surface area contributed by atoms with E-state index in [2.05, 4.69) is 10.6 Å². The number of aromatic hydroxyl groups is 5. The summed E-state index contributed by atoms with van der Waals surface area (Å²) in [5.74, 6) is -2.41. The number of benzene rings is 4. The molecule has 168 valence electrons. The predicted molar refractivity (Wildman–Crippen MR) is 130 cm³/mol. The normalized spacial score (nSPS) is 12.5. The third-order valence-electron chi connectivity index (χ3n) is 6.47. The zero-order valence-electron chi connectivity index (χ0n) is 18.4. The summed E-state index contributed by atoms with van der Waals surface area (Å²) in [6.45, 7) is 3.88. The number of phenols is 5. The van der Waals surface area contributed by atoms with E-state index < -0.39 is 28.7 Å². The first-order chi connectivity index (χ1) is 16.3. The topological polar surface area (TPSA) is 144 Å². The second-order valence-electron chi connectivity index (χ2n) is 8.07. The number of phenolic OH excluding ortho intramolecular Hbond substituents is 5. The fourth-order valence-corrected chi connectivity index (χ4v) is 4.58. The third-order valence-corrected chi connectivity index (χ3v) is 6.47. The molecule has 0 atom stereocenters. The third kappa shape index (κ3) is 2.79. The van der Waals surface area contributed by atoms with E-state index in [9.17, 15) is 25.5 Å². The second kappa shape index (κ2) is 7.58. The van der Waals surface area contributed by atoms with Gasteiger partial charge in [0.2, 0.25) is 0 Å². The van der Waals surface area contributed by atoms with Crippen LogP contribution >= 0.6 is 0 Å². The Hall–Kier alpha value is -4.40.